The highest BCUT2D eigenvalue weighted by Gasteiger charge is 2.23. The molecule has 16 heavy (non-hydrogen) atoms. The van der Waals surface area contributed by atoms with Crippen LogP contribution in [0.2, 0.25) is 0 Å². The Bertz CT molecular complexity index is 216. The second-order valence-electron chi connectivity index (χ2n) is 5.22. The summed E-state index contributed by atoms with van der Waals surface area (Å²) >= 11 is 0. The summed E-state index contributed by atoms with van der Waals surface area (Å²) in [6.07, 6.45) is 9.52. The summed E-state index contributed by atoms with van der Waals surface area (Å²) in [5, 5.41) is 6.56. The van der Waals surface area contributed by atoms with E-state index in [1.165, 1.54) is 25.7 Å². The Morgan fingerprint density at radius 2 is 1.56 bits per heavy atom. The molecule has 1 aliphatic heterocycles. The number of hydrogen-bond donors (Lipinski definition) is 2. The molecule has 2 fully saturated rings. The summed E-state index contributed by atoms with van der Waals surface area (Å²) in [5.41, 5.74) is 0. The van der Waals surface area contributed by atoms with Crippen molar-refractivity contribution in [3.8, 4) is 0 Å². The van der Waals surface area contributed by atoms with Crippen molar-refractivity contribution >= 4 is 5.91 Å². The lowest BCUT2D eigenvalue weighted by Crippen LogP contribution is -2.44. The summed E-state index contributed by atoms with van der Waals surface area (Å²) in [4.78, 5) is 12.1. The van der Waals surface area contributed by atoms with Crippen molar-refractivity contribution in [2.45, 2.75) is 57.4 Å². The predicted octanol–water partition coefficient (Wildman–Crippen LogP) is 1.82. The number of carbonyl (C=O) groups is 1. The van der Waals surface area contributed by atoms with Gasteiger partial charge in [0.15, 0.2) is 0 Å². The van der Waals surface area contributed by atoms with Gasteiger partial charge in [0.1, 0.15) is 0 Å². The SMILES string of the molecule is O=C(NC1CCNCC1)C1CCCCCC1. The summed E-state index contributed by atoms with van der Waals surface area (Å²) in [6, 6.07) is 0.428. The quantitative estimate of drug-likeness (QED) is 0.703. The number of hydrogen-bond acceptors (Lipinski definition) is 2. The van der Waals surface area contributed by atoms with Gasteiger partial charge in [-0.25, -0.2) is 0 Å². The van der Waals surface area contributed by atoms with Gasteiger partial charge in [-0.2, -0.15) is 0 Å². The lowest BCUT2D eigenvalue weighted by atomic mass is 9.98. The molecule has 3 nitrogen and oxygen atoms in total. The van der Waals surface area contributed by atoms with E-state index in [-0.39, 0.29) is 0 Å². The fraction of sp³-hybridized carbons (Fsp3) is 0.923. The third-order valence-corrected chi connectivity index (χ3v) is 3.91. The molecular formula is C13H24N2O. The molecule has 1 heterocycles. The number of rotatable bonds is 2. The first kappa shape index (κ1) is 11.9. The molecule has 0 aromatic heterocycles. The average Bonchev–Trinajstić information content (AvgIpc) is 2.59. The van der Waals surface area contributed by atoms with E-state index in [4.69, 9.17) is 0 Å². The van der Waals surface area contributed by atoms with Crippen LogP contribution in [0.1, 0.15) is 51.4 Å². The van der Waals surface area contributed by atoms with Gasteiger partial charge in [-0.05, 0) is 38.8 Å². The first-order chi connectivity index (χ1) is 7.86. The van der Waals surface area contributed by atoms with Gasteiger partial charge in [0.2, 0.25) is 5.91 Å². The van der Waals surface area contributed by atoms with Gasteiger partial charge < -0.3 is 10.6 Å². The zero-order valence-corrected chi connectivity index (χ0v) is 10.1. The summed E-state index contributed by atoms with van der Waals surface area (Å²) < 4.78 is 0. The second-order valence-corrected chi connectivity index (χ2v) is 5.22. The maximum Gasteiger partial charge on any atom is 0.223 e. The Labute approximate surface area is 98.4 Å². The van der Waals surface area contributed by atoms with Crippen LogP contribution in [0.5, 0.6) is 0 Å². The van der Waals surface area contributed by atoms with Crippen molar-refractivity contribution in [1.82, 2.24) is 10.6 Å². The maximum absolute atomic E-state index is 12.1. The molecule has 0 spiro atoms. The monoisotopic (exact) mass is 224 g/mol. The van der Waals surface area contributed by atoms with E-state index in [0.29, 0.717) is 17.9 Å². The van der Waals surface area contributed by atoms with Crippen LogP contribution in [0.4, 0.5) is 0 Å². The zero-order chi connectivity index (χ0) is 11.2. The smallest absolute Gasteiger partial charge is 0.223 e. The van der Waals surface area contributed by atoms with E-state index >= 15 is 0 Å². The van der Waals surface area contributed by atoms with E-state index in [1.54, 1.807) is 0 Å². The normalized spacial score (nSPS) is 25.0. The summed E-state index contributed by atoms with van der Waals surface area (Å²) in [6.45, 7) is 2.10. The fourth-order valence-corrected chi connectivity index (χ4v) is 2.83. The molecule has 3 heteroatoms. The second kappa shape index (κ2) is 6.24. The zero-order valence-electron chi connectivity index (χ0n) is 10.1. The summed E-state index contributed by atoms with van der Waals surface area (Å²) in [7, 11) is 0. The molecule has 1 amide bonds. The highest BCUT2D eigenvalue weighted by Crippen LogP contribution is 2.23. The van der Waals surface area contributed by atoms with Crippen molar-refractivity contribution in [3.63, 3.8) is 0 Å². The van der Waals surface area contributed by atoms with Crippen molar-refractivity contribution < 1.29 is 4.79 Å². The standard InChI is InChI=1S/C13H24N2O/c16-13(11-5-3-1-2-4-6-11)15-12-7-9-14-10-8-12/h11-12,14H,1-10H2,(H,15,16). The first-order valence-electron chi connectivity index (χ1n) is 6.87. The molecule has 92 valence electrons. The predicted molar refractivity (Wildman–Crippen MR) is 65.2 cm³/mol. The van der Waals surface area contributed by atoms with E-state index in [2.05, 4.69) is 10.6 Å². The van der Waals surface area contributed by atoms with Crippen LogP contribution in [0.15, 0.2) is 0 Å². The van der Waals surface area contributed by atoms with E-state index in [0.717, 1.165) is 38.8 Å². The number of carbonyl (C=O) groups excluding carboxylic acids is 1. The number of nitrogens with one attached hydrogen (secondary N) is 2. The molecule has 0 aromatic rings. The highest BCUT2D eigenvalue weighted by atomic mass is 16.1. The third kappa shape index (κ3) is 3.48. The minimum Gasteiger partial charge on any atom is -0.353 e. The van der Waals surface area contributed by atoms with Crippen LogP contribution in [-0.2, 0) is 4.79 Å². The molecule has 2 N–H and O–H groups in total. The third-order valence-electron chi connectivity index (χ3n) is 3.91. The van der Waals surface area contributed by atoms with Crippen molar-refractivity contribution in [3.05, 3.63) is 0 Å². The van der Waals surface area contributed by atoms with Crippen LogP contribution < -0.4 is 10.6 Å². The van der Waals surface area contributed by atoms with Gasteiger partial charge in [0.25, 0.3) is 0 Å². The van der Waals surface area contributed by atoms with Crippen LogP contribution >= 0.6 is 0 Å². The van der Waals surface area contributed by atoms with E-state index in [9.17, 15) is 4.79 Å². The van der Waals surface area contributed by atoms with Crippen LogP contribution in [0.3, 0.4) is 0 Å². The molecule has 2 rings (SSSR count). The maximum atomic E-state index is 12.1. The van der Waals surface area contributed by atoms with Gasteiger partial charge in [-0.15, -0.1) is 0 Å². The Morgan fingerprint density at radius 3 is 2.19 bits per heavy atom. The van der Waals surface area contributed by atoms with Crippen LogP contribution in [0, 0.1) is 5.92 Å². The number of amides is 1. The van der Waals surface area contributed by atoms with Crippen molar-refractivity contribution in [2.75, 3.05) is 13.1 Å². The molecule has 0 radical (unpaired) electrons. The Balaban J connectivity index is 1.76. The summed E-state index contributed by atoms with van der Waals surface area (Å²) in [5.74, 6) is 0.631. The average molecular weight is 224 g/mol. The minimum atomic E-state index is 0.303. The lowest BCUT2D eigenvalue weighted by molar-refractivity contribution is -0.126. The van der Waals surface area contributed by atoms with Crippen molar-refractivity contribution in [2.24, 2.45) is 5.92 Å². The van der Waals surface area contributed by atoms with Crippen LogP contribution in [-0.4, -0.2) is 25.0 Å². The van der Waals surface area contributed by atoms with E-state index < -0.39 is 0 Å². The molecular weight excluding hydrogens is 200 g/mol. The lowest BCUT2D eigenvalue weighted by Gasteiger charge is -2.25. The van der Waals surface area contributed by atoms with Gasteiger partial charge in [-0.1, -0.05) is 25.7 Å². The Morgan fingerprint density at radius 1 is 0.938 bits per heavy atom. The van der Waals surface area contributed by atoms with Crippen LogP contribution in [0.25, 0.3) is 0 Å². The molecule has 0 bridgehead atoms. The Hall–Kier alpha value is -0.570. The van der Waals surface area contributed by atoms with Gasteiger partial charge in [0, 0.05) is 12.0 Å². The molecule has 2 aliphatic rings. The highest BCUT2D eigenvalue weighted by molar-refractivity contribution is 5.78. The van der Waals surface area contributed by atoms with Gasteiger partial charge >= 0.3 is 0 Å². The molecule has 1 aliphatic carbocycles. The largest absolute Gasteiger partial charge is 0.353 e. The van der Waals surface area contributed by atoms with Gasteiger partial charge in [0.05, 0.1) is 0 Å². The first-order valence-corrected chi connectivity index (χ1v) is 6.87. The molecule has 1 saturated heterocycles. The molecule has 1 saturated carbocycles. The van der Waals surface area contributed by atoms with E-state index in [1.807, 2.05) is 0 Å². The molecule has 0 unspecified atom stereocenters. The fourth-order valence-electron chi connectivity index (χ4n) is 2.83. The Kier molecular flexibility index (Phi) is 4.64. The van der Waals surface area contributed by atoms with Gasteiger partial charge in [-0.3, -0.25) is 4.79 Å². The number of piperidine rings is 1. The topological polar surface area (TPSA) is 41.1 Å². The molecule has 0 aromatic carbocycles. The minimum absolute atomic E-state index is 0.303. The van der Waals surface area contributed by atoms with Crippen molar-refractivity contribution in [1.29, 1.82) is 0 Å². The molecule has 0 atom stereocenters.